The number of aliphatic carboxylic acids is 2. The molecule has 1 saturated heterocycles. The monoisotopic (exact) mass is 408 g/mol. The number of carboxylic acid groups (broad SMARTS) is 2. The molecule has 0 bridgehead atoms. The molecular formula is C21H32N2O6. The van der Waals surface area contributed by atoms with Crippen LogP contribution >= 0.6 is 0 Å². The second kappa shape index (κ2) is 13.6. The summed E-state index contributed by atoms with van der Waals surface area (Å²) in [6, 6.07) is 6.06. The predicted molar refractivity (Wildman–Crippen MR) is 112 cm³/mol. The molecule has 0 saturated carbocycles. The second-order valence-electron chi connectivity index (χ2n) is 6.50. The van der Waals surface area contributed by atoms with Gasteiger partial charge in [0, 0.05) is 32.7 Å². The van der Waals surface area contributed by atoms with Gasteiger partial charge in [0.1, 0.15) is 0 Å². The SMILES string of the molecule is CC=Cc1ccc(OCCCN2CCN(CC)CC2)c(OC)c1.O=C(O)C(=O)O. The minimum absolute atomic E-state index is 0.729. The van der Waals surface area contributed by atoms with E-state index in [2.05, 4.69) is 28.9 Å². The average molecular weight is 408 g/mol. The summed E-state index contributed by atoms with van der Waals surface area (Å²) >= 11 is 0. The standard InChI is InChI=1S/C19H30N2O2.C2H2O4/c1-4-7-17-8-9-18(19(16-17)22-3)23-15-6-10-21-13-11-20(5-2)12-14-21;3-1(4)2(5)6/h4,7-9,16H,5-6,10-15H2,1-3H3;(H,3,4)(H,5,6). The van der Waals surface area contributed by atoms with E-state index in [9.17, 15) is 0 Å². The molecule has 0 radical (unpaired) electrons. The molecule has 0 spiro atoms. The Hall–Kier alpha value is -2.58. The maximum atomic E-state index is 9.10. The van der Waals surface area contributed by atoms with E-state index in [0.29, 0.717) is 0 Å². The zero-order valence-electron chi connectivity index (χ0n) is 17.5. The van der Waals surface area contributed by atoms with Crippen LogP contribution in [-0.2, 0) is 9.59 Å². The molecule has 2 rings (SSSR count). The molecule has 1 aliphatic rings. The number of allylic oxidation sites excluding steroid dienone is 1. The number of methoxy groups -OCH3 is 1. The van der Waals surface area contributed by atoms with Gasteiger partial charge in [0.15, 0.2) is 11.5 Å². The number of hydrogen-bond donors (Lipinski definition) is 2. The van der Waals surface area contributed by atoms with Gasteiger partial charge in [0.2, 0.25) is 0 Å². The Labute approximate surface area is 172 Å². The van der Waals surface area contributed by atoms with E-state index >= 15 is 0 Å². The zero-order valence-corrected chi connectivity index (χ0v) is 17.5. The molecule has 162 valence electrons. The highest BCUT2D eigenvalue weighted by Crippen LogP contribution is 2.28. The molecule has 0 aromatic heterocycles. The van der Waals surface area contributed by atoms with Crippen molar-refractivity contribution in [1.82, 2.24) is 9.80 Å². The van der Waals surface area contributed by atoms with Crippen LogP contribution in [0.3, 0.4) is 0 Å². The Morgan fingerprint density at radius 2 is 1.69 bits per heavy atom. The van der Waals surface area contributed by atoms with Crippen LogP contribution in [0.25, 0.3) is 6.08 Å². The average Bonchev–Trinajstić information content (AvgIpc) is 2.73. The second-order valence-corrected chi connectivity index (χ2v) is 6.50. The number of rotatable bonds is 8. The van der Waals surface area contributed by atoms with Crippen LogP contribution in [0.2, 0.25) is 0 Å². The molecule has 1 heterocycles. The number of piperazine rings is 1. The van der Waals surface area contributed by atoms with Crippen molar-refractivity contribution in [1.29, 1.82) is 0 Å². The summed E-state index contributed by atoms with van der Waals surface area (Å²) < 4.78 is 11.3. The molecular weight excluding hydrogens is 376 g/mol. The molecule has 1 aliphatic heterocycles. The largest absolute Gasteiger partial charge is 0.493 e. The summed E-state index contributed by atoms with van der Waals surface area (Å²) in [7, 11) is 1.69. The van der Waals surface area contributed by atoms with E-state index < -0.39 is 11.9 Å². The molecule has 0 atom stereocenters. The first-order chi connectivity index (χ1) is 13.9. The number of hydrogen-bond acceptors (Lipinski definition) is 6. The van der Waals surface area contributed by atoms with Crippen molar-refractivity contribution in [2.45, 2.75) is 20.3 Å². The van der Waals surface area contributed by atoms with Crippen LogP contribution in [0.15, 0.2) is 24.3 Å². The van der Waals surface area contributed by atoms with E-state index in [1.807, 2.05) is 25.1 Å². The van der Waals surface area contributed by atoms with Crippen molar-refractivity contribution in [3.05, 3.63) is 29.8 Å². The van der Waals surface area contributed by atoms with Gasteiger partial charge in [-0.15, -0.1) is 0 Å². The Bertz CT molecular complexity index is 657. The van der Waals surface area contributed by atoms with Gasteiger partial charge in [-0.05, 0) is 37.6 Å². The maximum Gasteiger partial charge on any atom is 0.414 e. The van der Waals surface area contributed by atoms with E-state index in [0.717, 1.165) is 36.6 Å². The summed E-state index contributed by atoms with van der Waals surface area (Å²) in [5, 5.41) is 14.8. The lowest BCUT2D eigenvalue weighted by molar-refractivity contribution is -0.159. The number of nitrogens with zero attached hydrogens (tertiary/aromatic N) is 2. The van der Waals surface area contributed by atoms with E-state index in [1.165, 1.54) is 32.7 Å². The number of likely N-dealkylation sites (N-methyl/N-ethyl adjacent to an activating group) is 1. The molecule has 8 heteroatoms. The van der Waals surface area contributed by atoms with Gasteiger partial charge in [-0.2, -0.15) is 0 Å². The summed E-state index contributed by atoms with van der Waals surface area (Å²) in [4.78, 5) is 23.2. The third-order valence-electron chi connectivity index (χ3n) is 4.52. The predicted octanol–water partition coefficient (Wildman–Crippen LogP) is 2.29. The quantitative estimate of drug-likeness (QED) is 0.499. The molecule has 0 unspecified atom stereocenters. The summed E-state index contributed by atoms with van der Waals surface area (Å²) in [5.41, 5.74) is 1.13. The van der Waals surface area contributed by atoms with Crippen LogP contribution < -0.4 is 9.47 Å². The highest BCUT2D eigenvalue weighted by atomic mass is 16.5. The topological polar surface area (TPSA) is 99.5 Å². The smallest absolute Gasteiger partial charge is 0.414 e. The minimum Gasteiger partial charge on any atom is -0.493 e. The van der Waals surface area contributed by atoms with Crippen LogP contribution in [0.1, 0.15) is 25.8 Å². The third-order valence-corrected chi connectivity index (χ3v) is 4.52. The van der Waals surface area contributed by atoms with Crippen LogP contribution in [0, 0.1) is 0 Å². The highest BCUT2D eigenvalue weighted by Gasteiger charge is 2.14. The van der Waals surface area contributed by atoms with Crippen LogP contribution in [0.5, 0.6) is 11.5 Å². The Balaban J connectivity index is 0.000000612. The van der Waals surface area contributed by atoms with Gasteiger partial charge in [-0.3, -0.25) is 0 Å². The van der Waals surface area contributed by atoms with Gasteiger partial charge in [-0.1, -0.05) is 25.1 Å². The maximum absolute atomic E-state index is 9.10. The first kappa shape index (κ1) is 24.5. The van der Waals surface area contributed by atoms with Crippen molar-refractivity contribution in [3.8, 4) is 11.5 Å². The Morgan fingerprint density at radius 1 is 1.07 bits per heavy atom. The number of carbonyl (C=O) groups is 2. The molecule has 29 heavy (non-hydrogen) atoms. The van der Waals surface area contributed by atoms with Crippen molar-refractivity contribution in [2.24, 2.45) is 0 Å². The van der Waals surface area contributed by atoms with Crippen molar-refractivity contribution >= 4 is 18.0 Å². The number of carboxylic acids is 2. The highest BCUT2D eigenvalue weighted by molar-refractivity contribution is 6.27. The minimum atomic E-state index is -1.82. The molecule has 8 nitrogen and oxygen atoms in total. The molecule has 0 amide bonds. The first-order valence-electron chi connectivity index (χ1n) is 9.75. The van der Waals surface area contributed by atoms with Gasteiger partial charge in [0.25, 0.3) is 0 Å². The fourth-order valence-corrected chi connectivity index (χ4v) is 2.90. The number of ether oxygens (including phenoxy) is 2. The lowest BCUT2D eigenvalue weighted by atomic mass is 10.2. The summed E-state index contributed by atoms with van der Waals surface area (Å²) in [6.07, 6.45) is 5.13. The van der Waals surface area contributed by atoms with E-state index in [1.54, 1.807) is 7.11 Å². The lowest BCUT2D eigenvalue weighted by Gasteiger charge is -2.33. The van der Waals surface area contributed by atoms with Crippen molar-refractivity contribution in [3.63, 3.8) is 0 Å². The Morgan fingerprint density at radius 3 is 2.21 bits per heavy atom. The molecule has 1 aromatic carbocycles. The zero-order chi connectivity index (χ0) is 21.6. The van der Waals surface area contributed by atoms with Crippen LogP contribution in [0.4, 0.5) is 0 Å². The summed E-state index contributed by atoms with van der Waals surface area (Å²) in [5.74, 6) is -2.02. The molecule has 0 aliphatic carbocycles. The molecule has 2 N–H and O–H groups in total. The van der Waals surface area contributed by atoms with Gasteiger partial charge >= 0.3 is 11.9 Å². The van der Waals surface area contributed by atoms with E-state index in [4.69, 9.17) is 29.3 Å². The fraction of sp³-hybridized carbons (Fsp3) is 0.524. The first-order valence-corrected chi connectivity index (χ1v) is 9.75. The Kier molecular flexibility index (Phi) is 11.4. The normalized spacial score (nSPS) is 14.9. The lowest BCUT2D eigenvalue weighted by Crippen LogP contribution is -2.46. The molecule has 1 aromatic rings. The van der Waals surface area contributed by atoms with Crippen LogP contribution in [-0.4, -0.2) is 84.9 Å². The van der Waals surface area contributed by atoms with Gasteiger partial charge in [0.05, 0.1) is 13.7 Å². The van der Waals surface area contributed by atoms with Crippen molar-refractivity contribution < 1.29 is 29.3 Å². The van der Waals surface area contributed by atoms with Gasteiger partial charge in [-0.25, -0.2) is 9.59 Å². The van der Waals surface area contributed by atoms with Gasteiger partial charge < -0.3 is 29.5 Å². The molecule has 1 fully saturated rings. The fourth-order valence-electron chi connectivity index (χ4n) is 2.90. The third kappa shape index (κ3) is 9.45. The van der Waals surface area contributed by atoms with E-state index in [-0.39, 0.29) is 0 Å². The van der Waals surface area contributed by atoms with Crippen molar-refractivity contribution in [2.75, 3.05) is 53.0 Å². The summed E-state index contributed by atoms with van der Waals surface area (Å²) in [6.45, 7) is 12.0. The number of benzene rings is 1.